The number of nitrogens with one attached hydrogen (secondary N) is 1. The Morgan fingerprint density at radius 2 is 2.14 bits per heavy atom. The molecule has 0 atom stereocenters. The molecule has 1 aliphatic rings. The second kappa shape index (κ2) is 7.85. The van der Waals surface area contributed by atoms with Crippen molar-refractivity contribution in [2.75, 3.05) is 7.11 Å². The van der Waals surface area contributed by atoms with Crippen LogP contribution in [0.15, 0.2) is 41.8 Å². The average molecular weight is 393 g/mol. The van der Waals surface area contributed by atoms with Gasteiger partial charge in [-0.1, -0.05) is 6.07 Å². The SMILES string of the molecule is COC(=O)N/N=C1\CCCc2ccc(-c3sc(-c4cccnc4)nc3C)nc21. The third kappa shape index (κ3) is 3.63. The maximum Gasteiger partial charge on any atom is 0.427 e. The second-order valence-electron chi connectivity index (χ2n) is 6.39. The quantitative estimate of drug-likeness (QED) is 0.680. The standard InChI is InChI=1S/C20H19N5O2S/c1-12-18(28-19(22-12)14-6-4-10-21-11-14)16-9-8-13-5-3-7-15(17(13)23-16)24-25-20(26)27-2/h4,6,8-11H,3,5,7H2,1-2H3,(H,25,26)/b24-15+. The van der Waals surface area contributed by atoms with Gasteiger partial charge in [-0.15, -0.1) is 11.3 Å². The molecule has 1 aliphatic carbocycles. The van der Waals surface area contributed by atoms with E-state index in [1.807, 2.05) is 31.3 Å². The Hall–Kier alpha value is -3.13. The average Bonchev–Trinajstić information content (AvgIpc) is 3.13. The summed E-state index contributed by atoms with van der Waals surface area (Å²) in [5.41, 5.74) is 7.92. The molecule has 7 nitrogen and oxygen atoms in total. The first kappa shape index (κ1) is 18.2. The number of aryl methyl sites for hydroxylation is 2. The van der Waals surface area contributed by atoms with Gasteiger partial charge < -0.3 is 4.74 Å². The summed E-state index contributed by atoms with van der Waals surface area (Å²) in [4.78, 5) is 26.1. The molecule has 1 N–H and O–H groups in total. The van der Waals surface area contributed by atoms with E-state index in [1.165, 1.54) is 7.11 Å². The van der Waals surface area contributed by atoms with Crippen molar-refractivity contribution in [2.24, 2.45) is 5.10 Å². The van der Waals surface area contributed by atoms with Crippen molar-refractivity contribution in [3.8, 4) is 21.1 Å². The van der Waals surface area contributed by atoms with Gasteiger partial charge in [0.25, 0.3) is 0 Å². The fraction of sp³-hybridized carbons (Fsp3) is 0.250. The lowest BCUT2D eigenvalue weighted by atomic mass is 9.94. The van der Waals surface area contributed by atoms with Gasteiger partial charge in [0.05, 0.1) is 34.8 Å². The van der Waals surface area contributed by atoms with Gasteiger partial charge in [0.15, 0.2) is 0 Å². The van der Waals surface area contributed by atoms with Crippen molar-refractivity contribution in [3.63, 3.8) is 0 Å². The molecule has 3 aromatic rings. The van der Waals surface area contributed by atoms with Crippen molar-refractivity contribution in [1.29, 1.82) is 0 Å². The Morgan fingerprint density at radius 1 is 1.25 bits per heavy atom. The van der Waals surface area contributed by atoms with Crippen molar-refractivity contribution in [1.82, 2.24) is 20.4 Å². The van der Waals surface area contributed by atoms with Gasteiger partial charge in [0.1, 0.15) is 5.01 Å². The van der Waals surface area contributed by atoms with E-state index < -0.39 is 6.09 Å². The Balaban J connectivity index is 1.71. The number of ether oxygens (including phenoxy) is 1. The number of nitrogens with zero attached hydrogens (tertiary/aromatic N) is 4. The smallest absolute Gasteiger partial charge is 0.427 e. The van der Waals surface area contributed by atoms with E-state index in [2.05, 4.69) is 26.3 Å². The Kier molecular flexibility index (Phi) is 5.12. The van der Waals surface area contributed by atoms with Crippen LogP contribution in [0.25, 0.3) is 21.1 Å². The highest BCUT2D eigenvalue weighted by molar-refractivity contribution is 7.18. The number of rotatable bonds is 3. The Morgan fingerprint density at radius 3 is 2.93 bits per heavy atom. The minimum atomic E-state index is -0.588. The molecule has 3 heterocycles. The third-order valence-corrected chi connectivity index (χ3v) is 5.75. The number of thiazole rings is 1. The summed E-state index contributed by atoms with van der Waals surface area (Å²) in [6.45, 7) is 1.99. The van der Waals surface area contributed by atoms with Crippen LogP contribution in [0.4, 0.5) is 4.79 Å². The van der Waals surface area contributed by atoms with Crippen LogP contribution in [-0.4, -0.2) is 33.9 Å². The van der Waals surface area contributed by atoms with E-state index in [9.17, 15) is 4.79 Å². The highest BCUT2D eigenvalue weighted by atomic mass is 32.1. The summed E-state index contributed by atoms with van der Waals surface area (Å²) in [5.74, 6) is 0. The van der Waals surface area contributed by atoms with Gasteiger partial charge in [-0.05, 0) is 49.9 Å². The highest BCUT2D eigenvalue weighted by Gasteiger charge is 2.20. The molecule has 0 saturated carbocycles. The molecule has 0 radical (unpaired) electrons. The van der Waals surface area contributed by atoms with Crippen LogP contribution in [0.2, 0.25) is 0 Å². The lowest BCUT2D eigenvalue weighted by molar-refractivity contribution is 0.171. The van der Waals surface area contributed by atoms with Gasteiger partial charge in [0, 0.05) is 18.0 Å². The zero-order valence-electron chi connectivity index (χ0n) is 15.6. The molecule has 0 aromatic carbocycles. The number of fused-ring (bicyclic) bond motifs is 1. The fourth-order valence-corrected chi connectivity index (χ4v) is 4.17. The molecule has 4 rings (SSSR count). The largest absolute Gasteiger partial charge is 0.452 e. The maximum atomic E-state index is 11.4. The van der Waals surface area contributed by atoms with E-state index in [4.69, 9.17) is 9.97 Å². The predicted molar refractivity (Wildman–Crippen MR) is 108 cm³/mol. The molecule has 0 saturated heterocycles. The summed E-state index contributed by atoms with van der Waals surface area (Å²) in [6.07, 6.45) is 5.65. The molecule has 0 aliphatic heterocycles. The second-order valence-corrected chi connectivity index (χ2v) is 7.39. The fourth-order valence-electron chi connectivity index (χ4n) is 3.15. The van der Waals surface area contributed by atoms with Crippen LogP contribution in [0.5, 0.6) is 0 Å². The zero-order valence-corrected chi connectivity index (χ0v) is 16.4. The third-order valence-electron chi connectivity index (χ3n) is 4.52. The number of carbonyl (C=O) groups is 1. The van der Waals surface area contributed by atoms with Crippen LogP contribution in [0, 0.1) is 6.92 Å². The number of aromatic nitrogens is 3. The van der Waals surface area contributed by atoms with E-state index in [0.717, 1.165) is 63.1 Å². The van der Waals surface area contributed by atoms with Crippen LogP contribution in [0.3, 0.4) is 0 Å². The molecule has 0 unspecified atom stereocenters. The van der Waals surface area contributed by atoms with Gasteiger partial charge in [0.2, 0.25) is 0 Å². The monoisotopic (exact) mass is 393 g/mol. The van der Waals surface area contributed by atoms with Gasteiger partial charge in [-0.25, -0.2) is 20.2 Å². The highest BCUT2D eigenvalue weighted by Crippen LogP contribution is 2.35. The molecule has 3 aromatic heterocycles. The van der Waals surface area contributed by atoms with Crippen LogP contribution in [0.1, 0.15) is 29.8 Å². The molecule has 1 amide bonds. The number of hydrogen-bond acceptors (Lipinski definition) is 7. The number of amides is 1. The molecule has 8 heteroatoms. The van der Waals surface area contributed by atoms with Crippen molar-refractivity contribution < 1.29 is 9.53 Å². The van der Waals surface area contributed by atoms with E-state index in [1.54, 1.807) is 17.5 Å². The minimum absolute atomic E-state index is 0.588. The van der Waals surface area contributed by atoms with Crippen LogP contribution in [-0.2, 0) is 11.2 Å². The van der Waals surface area contributed by atoms with E-state index in [0.29, 0.717) is 0 Å². The zero-order chi connectivity index (χ0) is 19.5. The molecule has 0 fully saturated rings. The first-order valence-electron chi connectivity index (χ1n) is 8.94. The molecule has 0 bridgehead atoms. The molecule has 142 valence electrons. The van der Waals surface area contributed by atoms with Crippen molar-refractivity contribution in [3.05, 3.63) is 53.6 Å². The van der Waals surface area contributed by atoms with Crippen molar-refractivity contribution >= 4 is 23.1 Å². The van der Waals surface area contributed by atoms with Gasteiger partial charge >= 0.3 is 6.09 Å². The first-order valence-corrected chi connectivity index (χ1v) is 9.76. The van der Waals surface area contributed by atoms with Crippen LogP contribution < -0.4 is 5.43 Å². The summed E-state index contributed by atoms with van der Waals surface area (Å²) in [7, 11) is 1.31. The maximum absolute atomic E-state index is 11.4. The topological polar surface area (TPSA) is 89.4 Å². The van der Waals surface area contributed by atoms with Gasteiger partial charge in [-0.3, -0.25) is 4.98 Å². The van der Waals surface area contributed by atoms with Gasteiger partial charge in [-0.2, -0.15) is 5.10 Å². The van der Waals surface area contributed by atoms with E-state index >= 15 is 0 Å². The Bertz CT molecular complexity index is 1050. The molecule has 0 spiro atoms. The lowest BCUT2D eigenvalue weighted by Crippen LogP contribution is -2.22. The van der Waals surface area contributed by atoms with E-state index in [-0.39, 0.29) is 0 Å². The number of methoxy groups -OCH3 is 1. The number of pyridine rings is 2. The predicted octanol–water partition coefficient (Wildman–Crippen LogP) is 3.97. The summed E-state index contributed by atoms with van der Waals surface area (Å²) >= 11 is 1.60. The van der Waals surface area contributed by atoms with Crippen molar-refractivity contribution in [2.45, 2.75) is 26.2 Å². The lowest BCUT2D eigenvalue weighted by Gasteiger charge is -2.17. The molecule has 28 heavy (non-hydrogen) atoms. The number of hydrazone groups is 1. The van der Waals surface area contributed by atoms with Crippen LogP contribution >= 0.6 is 11.3 Å². The number of carbonyl (C=O) groups excluding carboxylic acids is 1. The number of hydrogen-bond donors (Lipinski definition) is 1. The minimum Gasteiger partial charge on any atom is -0.452 e. The molecular weight excluding hydrogens is 374 g/mol. The summed E-state index contributed by atoms with van der Waals surface area (Å²) in [6, 6.07) is 8.02. The summed E-state index contributed by atoms with van der Waals surface area (Å²) in [5, 5.41) is 5.13. The Labute approximate surface area is 166 Å². The summed E-state index contributed by atoms with van der Waals surface area (Å²) < 4.78 is 4.59. The first-order chi connectivity index (χ1) is 13.7. The normalized spacial score (nSPS) is 14.6. The molecular formula is C20H19N5O2S.